The number of benzene rings is 1. The first-order chi connectivity index (χ1) is 9.97. The molecule has 3 heteroatoms. The maximum Gasteiger partial charge on any atom is 0.127 e. The largest absolute Gasteiger partial charge is 0.310 e. The number of hydrogen-bond acceptors (Lipinski definition) is 2. The first-order valence-corrected chi connectivity index (χ1v) is 8.15. The zero-order chi connectivity index (χ0) is 15.8. The summed E-state index contributed by atoms with van der Waals surface area (Å²) in [6, 6.07) is 7.75. The molecule has 0 aliphatic heterocycles. The van der Waals surface area contributed by atoms with Gasteiger partial charge in [0.2, 0.25) is 0 Å². The monoisotopic (exact) mass is 294 g/mol. The summed E-state index contributed by atoms with van der Waals surface area (Å²) < 4.78 is 14.0. The summed E-state index contributed by atoms with van der Waals surface area (Å²) in [6.45, 7) is 10.8. The van der Waals surface area contributed by atoms with Crippen LogP contribution in [0.2, 0.25) is 0 Å². The Balaban J connectivity index is 2.69. The van der Waals surface area contributed by atoms with Gasteiger partial charge in [0.15, 0.2) is 0 Å². The summed E-state index contributed by atoms with van der Waals surface area (Å²) in [4.78, 5) is 2.37. The van der Waals surface area contributed by atoms with Crippen molar-refractivity contribution in [1.29, 1.82) is 0 Å². The standard InChI is InChI=1S/C18H31FN2/c1-6-12-20-18(16-9-7-8-10-17(16)19)11-13-21(5)15(4)14(2)3/h7-10,14-15,18,20H,6,11-13H2,1-5H3. The Bertz CT molecular complexity index is 406. The SMILES string of the molecule is CCCNC(CCN(C)C(C)C(C)C)c1ccccc1F. The van der Waals surface area contributed by atoms with Gasteiger partial charge in [-0.15, -0.1) is 0 Å². The highest BCUT2D eigenvalue weighted by molar-refractivity contribution is 5.21. The third-order valence-electron chi connectivity index (χ3n) is 4.35. The predicted molar refractivity (Wildman–Crippen MR) is 89.0 cm³/mol. The Labute approximate surface area is 129 Å². The van der Waals surface area contributed by atoms with Gasteiger partial charge in [-0.25, -0.2) is 4.39 Å². The van der Waals surface area contributed by atoms with Crippen molar-refractivity contribution in [3.8, 4) is 0 Å². The van der Waals surface area contributed by atoms with E-state index in [1.54, 1.807) is 12.1 Å². The molecule has 2 nitrogen and oxygen atoms in total. The van der Waals surface area contributed by atoms with Crippen molar-refractivity contribution in [2.24, 2.45) is 5.92 Å². The molecule has 0 heterocycles. The lowest BCUT2D eigenvalue weighted by molar-refractivity contribution is 0.198. The van der Waals surface area contributed by atoms with Crippen LogP contribution in [-0.2, 0) is 0 Å². The molecule has 0 amide bonds. The fraction of sp³-hybridized carbons (Fsp3) is 0.667. The summed E-state index contributed by atoms with van der Waals surface area (Å²) in [5, 5.41) is 3.48. The van der Waals surface area contributed by atoms with Gasteiger partial charge >= 0.3 is 0 Å². The number of nitrogens with zero attached hydrogens (tertiary/aromatic N) is 1. The van der Waals surface area contributed by atoms with Crippen LogP contribution < -0.4 is 5.32 Å². The normalized spacial score (nSPS) is 14.7. The second-order valence-electron chi connectivity index (χ2n) is 6.28. The van der Waals surface area contributed by atoms with Crippen LogP contribution in [0, 0.1) is 11.7 Å². The number of hydrogen-bond donors (Lipinski definition) is 1. The maximum atomic E-state index is 14.0. The zero-order valence-corrected chi connectivity index (χ0v) is 14.2. The third-order valence-corrected chi connectivity index (χ3v) is 4.35. The van der Waals surface area contributed by atoms with E-state index in [2.05, 4.69) is 45.0 Å². The highest BCUT2D eigenvalue weighted by Crippen LogP contribution is 2.21. The fourth-order valence-electron chi connectivity index (χ4n) is 2.49. The van der Waals surface area contributed by atoms with Gasteiger partial charge in [-0.3, -0.25) is 0 Å². The van der Waals surface area contributed by atoms with E-state index in [0.29, 0.717) is 12.0 Å². The molecule has 2 unspecified atom stereocenters. The van der Waals surface area contributed by atoms with Crippen molar-refractivity contribution in [3.63, 3.8) is 0 Å². The number of rotatable bonds is 9. The Morgan fingerprint density at radius 2 is 1.86 bits per heavy atom. The van der Waals surface area contributed by atoms with Crippen LogP contribution in [0.15, 0.2) is 24.3 Å². The van der Waals surface area contributed by atoms with Crippen LogP contribution in [0.5, 0.6) is 0 Å². The lowest BCUT2D eigenvalue weighted by atomic mass is 10.0. The quantitative estimate of drug-likeness (QED) is 0.733. The zero-order valence-electron chi connectivity index (χ0n) is 14.2. The lowest BCUT2D eigenvalue weighted by Crippen LogP contribution is -2.36. The predicted octanol–water partition coefficient (Wildman–Crippen LogP) is 4.23. The van der Waals surface area contributed by atoms with Crippen molar-refractivity contribution in [1.82, 2.24) is 10.2 Å². The summed E-state index contributed by atoms with van der Waals surface area (Å²) in [5.41, 5.74) is 0.788. The molecule has 2 atom stereocenters. The van der Waals surface area contributed by atoms with Crippen LogP contribution in [-0.4, -0.2) is 31.1 Å². The Morgan fingerprint density at radius 3 is 2.43 bits per heavy atom. The van der Waals surface area contributed by atoms with E-state index in [0.717, 1.165) is 31.5 Å². The molecule has 0 bridgehead atoms. The molecular formula is C18H31FN2. The summed E-state index contributed by atoms with van der Waals surface area (Å²) in [7, 11) is 2.16. The topological polar surface area (TPSA) is 15.3 Å². The average Bonchev–Trinajstić information content (AvgIpc) is 2.47. The van der Waals surface area contributed by atoms with E-state index >= 15 is 0 Å². The van der Waals surface area contributed by atoms with E-state index in [9.17, 15) is 4.39 Å². The van der Waals surface area contributed by atoms with Crippen molar-refractivity contribution in [2.45, 2.75) is 52.6 Å². The molecule has 1 aromatic rings. The average molecular weight is 294 g/mol. The van der Waals surface area contributed by atoms with Gasteiger partial charge in [0.05, 0.1) is 0 Å². The Morgan fingerprint density at radius 1 is 1.19 bits per heavy atom. The van der Waals surface area contributed by atoms with Gasteiger partial charge in [0, 0.05) is 17.6 Å². The highest BCUT2D eigenvalue weighted by Gasteiger charge is 2.18. The van der Waals surface area contributed by atoms with Gasteiger partial charge in [0.25, 0.3) is 0 Å². The van der Waals surface area contributed by atoms with Gasteiger partial charge < -0.3 is 10.2 Å². The molecule has 0 aliphatic rings. The Hall–Kier alpha value is -0.930. The first kappa shape index (κ1) is 18.1. The maximum absolute atomic E-state index is 14.0. The molecule has 0 radical (unpaired) electrons. The summed E-state index contributed by atoms with van der Waals surface area (Å²) in [5.74, 6) is 0.524. The van der Waals surface area contributed by atoms with E-state index in [4.69, 9.17) is 0 Å². The minimum absolute atomic E-state index is 0.0907. The molecular weight excluding hydrogens is 263 g/mol. The molecule has 1 N–H and O–H groups in total. The van der Waals surface area contributed by atoms with Crippen molar-refractivity contribution in [2.75, 3.05) is 20.1 Å². The van der Waals surface area contributed by atoms with E-state index in [-0.39, 0.29) is 11.9 Å². The van der Waals surface area contributed by atoms with Gasteiger partial charge in [0.1, 0.15) is 5.82 Å². The van der Waals surface area contributed by atoms with Crippen LogP contribution in [0.4, 0.5) is 4.39 Å². The van der Waals surface area contributed by atoms with Crippen molar-refractivity contribution < 1.29 is 4.39 Å². The summed E-state index contributed by atoms with van der Waals surface area (Å²) >= 11 is 0. The molecule has 0 saturated carbocycles. The van der Waals surface area contributed by atoms with Crippen LogP contribution >= 0.6 is 0 Å². The molecule has 1 rings (SSSR count). The summed E-state index contributed by atoms with van der Waals surface area (Å²) in [6.07, 6.45) is 1.98. The van der Waals surface area contributed by atoms with Crippen molar-refractivity contribution >= 4 is 0 Å². The molecule has 0 saturated heterocycles. The van der Waals surface area contributed by atoms with E-state index in [1.165, 1.54) is 0 Å². The van der Waals surface area contributed by atoms with Crippen LogP contribution in [0.25, 0.3) is 0 Å². The van der Waals surface area contributed by atoms with Crippen LogP contribution in [0.1, 0.15) is 52.1 Å². The second kappa shape index (κ2) is 9.16. The fourth-order valence-corrected chi connectivity index (χ4v) is 2.49. The third kappa shape index (κ3) is 5.76. The molecule has 0 spiro atoms. The minimum atomic E-state index is -0.106. The second-order valence-corrected chi connectivity index (χ2v) is 6.28. The van der Waals surface area contributed by atoms with Crippen molar-refractivity contribution in [3.05, 3.63) is 35.6 Å². The van der Waals surface area contributed by atoms with E-state index in [1.807, 2.05) is 12.1 Å². The number of halogens is 1. The van der Waals surface area contributed by atoms with E-state index < -0.39 is 0 Å². The highest BCUT2D eigenvalue weighted by atomic mass is 19.1. The smallest absolute Gasteiger partial charge is 0.127 e. The minimum Gasteiger partial charge on any atom is -0.310 e. The molecule has 0 aliphatic carbocycles. The van der Waals surface area contributed by atoms with Gasteiger partial charge in [-0.2, -0.15) is 0 Å². The van der Waals surface area contributed by atoms with Gasteiger partial charge in [-0.05, 0) is 51.9 Å². The molecule has 0 aromatic heterocycles. The molecule has 1 aromatic carbocycles. The first-order valence-electron chi connectivity index (χ1n) is 8.15. The molecule has 120 valence electrons. The molecule has 0 fully saturated rings. The molecule has 21 heavy (non-hydrogen) atoms. The lowest BCUT2D eigenvalue weighted by Gasteiger charge is -2.30. The Kier molecular flexibility index (Phi) is 7.91. The van der Waals surface area contributed by atoms with Crippen LogP contribution in [0.3, 0.4) is 0 Å². The number of nitrogens with one attached hydrogen (secondary N) is 1. The van der Waals surface area contributed by atoms with Gasteiger partial charge in [-0.1, -0.05) is 39.0 Å².